The van der Waals surface area contributed by atoms with Crippen molar-refractivity contribution in [3.8, 4) is 0 Å². The lowest BCUT2D eigenvalue weighted by molar-refractivity contribution is 1.11. The smallest absolute Gasteiger partial charge is 0.161 e. The van der Waals surface area contributed by atoms with Crippen molar-refractivity contribution in [3.05, 3.63) is 29.3 Å². The van der Waals surface area contributed by atoms with Gasteiger partial charge >= 0.3 is 0 Å². The second kappa shape index (κ2) is 7.38. The van der Waals surface area contributed by atoms with Crippen molar-refractivity contribution >= 4 is 22.6 Å². The quantitative estimate of drug-likeness (QED) is 0.638. The number of amidine groups is 1. The Morgan fingerprint density at radius 2 is 1.88 bits per heavy atom. The van der Waals surface area contributed by atoms with E-state index < -0.39 is 0 Å². The normalized spacial score (nSPS) is 11.6. The molecule has 0 atom stereocenters. The molecule has 0 bridgehead atoms. The highest BCUT2D eigenvalue weighted by molar-refractivity contribution is 8.14. The first-order valence-electron chi connectivity index (χ1n) is 6.19. The number of rotatable bonds is 4. The van der Waals surface area contributed by atoms with E-state index in [1.165, 1.54) is 23.2 Å². The number of hydrogen-bond acceptors (Lipinski definition) is 2. The van der Waals surface area contributed by atoms with E-state index in [2.05, 4.69) is 56.2 Å². The van der Waals surface area contributed by atoms with E-state index in [1.54, 1.807) is 11.8 Å². The van der Waals surface area contributed by atoms with Crippen molar-refractivity contribution < 1.29 is 0 Å². The summed E-state index contributed by atoms with van der Waals surface area (Å²) in [7, 11) is 0. The molecule has 0 aliphatic carbocycles. The molecule has 0 unspecified atom stereocenters. The van der Waals surface area contributed by atoms with Gasteiger partial charge in [-0.15, -0.1) is 0 Å². The fourth-order valence-electron chi connectivity index (χ4n) is 1.58. The van der Waals surface area contributed by atoms with E-state index in [9.17, 15) is 0 Å². The van der Waals surface area contributed by atoms with Crippen molar-refractivity contribution in [2.45, 2.75) is 34.1 Å². The highest BCUT2D eigenvalue weighted by atomic mass is 32.2. The third-order valence-corrected chi connectivity index (χ3v) is 3.57. The molecule has 0 aliphatic heterocycles. The lowest BCUT2D eigenvalue weighted by atomic mass is 10.1. The summed E-state index contributed by atoms with van der Waals surface area (Å²) in [6, 6.07) is 6.35. The molecule has 0 radical (unpaired) electrons. The van der Waals surface area contributed by atoms with Crippen molar-refractivity contribution in [1.29, 1.82) is 0 Å². The van der Waals surface area contributed by atoms with Crippen LogP contribution in [0.25, 0.3) is 0 Å². The summed E-state index contributed by atoms with van der Waals surface area (Å²) in [6.07, 6.45) is 1.17. The predicted molar refractivity (Wildman–Crippen MR) is 80.3 cm³/mol. The van der Waals surface area contributed by atoms with Gasteiger partial charge in [0.15, 0.2) is 5.17 Å². The number of benzene rings is 1. The molecular weight excluding hydrogens is 228 g/mol. The Morgan fingerprint density at radius 1 is 1.24 bits per heavy atom. The number of thioether (sulfide) groups is 1. The highest BCUT2D eigenvalue weighted by Crippen LogP contribution is 2.21. The van der Waals surface area contributed by atoms with Crippen LogP contribution in [0.2, 0.25) is 0 Å². The molecule has 94 valence electrons. The van der Waals surface area contributed by atoms with Crippen LogP contribution in [0.4, 0.5) is 5.69 Å². The van der Waals surface area contributed by atoms with Crippen molar-refractivity contribution in [2.75, 3.05) is 17.6 Å². The number of aryl methyl sites for hydroxylation is 2. The standard InChI is InChI=1S/C14H22N2S/c1-5-10-17-14(15-6-2)16-13-11(3)8-7-9-12(13)4/h7-9H,5-6,10H2,1-4H3,(H,15,16). The van der Waals surface area contributed by atoms with Crippen molar-refractivity contribution in [3.63, 3.8) is 0 Å². The molecule has 0 fully saturated rings. The molecule has 0 saturated carbocycles. The Labute approximate surface area is 109 Å². The summed E-state index contributed by atoms with van der Waals surface area (Å²) >= 11 is 1.80. The monoisotopic (exact) mass is 250 g/mol. The van der Waals surface area contributed by atoms with Crippen molar-refractivity contribution in [2.24, 2.45) is 4.99 Å². The van der Waals surface area contributed by atoms with Gasteiger partial charge in [-0.05, 0) is 38.3 Å². The van der Waals surface area contributed by atoms with Crippen LogP contribution in [0.5, 0.6) is 0 Å². The van der Waals surface area contributed by atoms with Crippen LogP contribution in [-0.2, 0) is 0 Å². The van der Waals surface area contributed by atoms with Gasteiger partial charge in [-0.2, -0.15) is 0 Å². The fraction of sp³-hybridized carbons (Fsp3) is 0.500. The summed E-state index contributed by atoms with van der Waals surface area (Å²) in [5, 5.41) is 4.50. The van der Waals surface area contributed by atoms with Gasteiger partial charge in [-0.3, -0.25) is 4.99 Å². The van der Waals surface area contributed by atoms with Gasteiger partial charge < -0.3 is 5.32 Å². The number of nitrogens with zero attached hydrogens (tertiary/aromatic N) is 1. The molecule has 1 aromatic carbocycles. The zero-order valence-corrected chi connectivity index (χ0v) is 12.0. The Bertz CT molecular complexity index is 366. The molecule has 0 aliphatic rings. The zero-order valence-electron chi connectivity index (χ0n) is 11.2. The van der Waals surface area contributed by atoms with Crippen LogP contribution in [0.3, 0.4) is 0 Å². The van der Waals surface area contributed by atoms with Gasteiger partial charge in [0.25, 0.3) is 0 Å². The Balaban J connectivity index is 2.82. The molecule has 3 heteroatoms. The Morgan fingerprint density at radius 3 is 2.41 bits per heavy atom. The fourth-order valence-corrected chi connectivity index (χ4v) is 2.37. The van der Waals surface area contributed by atoms with E-state index >= 15 is 0 Å². The Hall–Kier alpha value is -0.960. The molecule has 0 saturated heterocycles. The van der Waals surface area contributed by atoms with Gasteiger partial charge in [0.2, 0.25) is 0 Å². The van der Waals surface area contributed by atoms with Crippen LogP contribution < -0.4 is 5.32 Å². The van der Waals surface area contributed by atoms with Gasteiger partial charge in [-0.25, -0.2) is 0 Å². The average molecular weight is 250 g/mol. The third-order valence-electron chi connectivity index (χ3n) is 2.46. The number of nitrogens with one attached hydrogen (secondary N) is 1. The SMILES string of the molecule is CCCSC(=NCC)Nc1c(C)cccc1C. The first-order valence-corrected chi connectivity index (χ1v) is 7.18. The maximum Gasteiger partial charge on any atom is 0.161 e. The van der Waals surface area contributed by atoms with E-state index in [4.69, 9.17) is 0 Å². The highest BCUT2D eigenvalue weighted by Gasteiger charge is 2.05. The molecule has 1 rings (SSSR count). The van der Waals surface area contributed by atoms with E-state index in [1.807, 2.05) is 0 Å². The molecule has 0 spiro atoms. The first-order chi connectivity index (χ1) is 8.19. The molecule has 0 aromatic heterocycles. The maximum absolute atomic E-state index is 4.51. The molecule has 0 heterocycles. The molecule has 1 aromatic rings. The zero-order chi connectivity index (χ0) is 12.7. The summed E-state index contributed by atoms with van der Waals surface area (Å²) in [5.41, 5.74) is 3.74. The largest absolute Gasteiger partial charge is 0.335 e. The molecule has 2 nitrogen and oxygen atoms in total. The second-order valence-electron chi connectivity index (χ2n) is 4.02. The first kappa shape index (κ1) is 14.1. The van der Waals surface area contributed by atoms with Crippen LogP contribution in [0, 0.1) is 13.8 Å². The van der Waals surface area contributed by atoms with E-state index in [-0.39, 0.29) is 0 Å². The van der Waals surface area contributed by atoms with E-state index in [0.29, 0.717) is 0 Å². The predicted octanol–water partition coefficient (Wildman–Crippen LogP) is 4.23. The lowest BCUT2D eigenvalue weighted by Crippen LogP contribution is -2.11. The van der Waals surface area contributed by atoms with Crippen LogP contribution in [0.1, 0.15) is 31.4 Å². The minimum absolute atomic E-state index is 0.823. The van der Waals surface area contributed by atoms with Gasteiger partial charge in [0, 0.05) is 18.0 Å². The summed E-state index contributed by atoms with van der Waals surface area (Å²) in [5.74, 6) is 1.11. The minimum atomic E-state index is 0.823. The lowest BCUT2D eigenvalue weighted by Gasteiger charge is -2.14. The minimum Gasteiger partial charge on any atom is -0.335 e. The number of aliphatic imine (C=N–C) groups is 1. The second-order valence-corrected chi connectivity index (χ2v) is 5.10. The summed E-state index contributed by atoms with van der Waals surface area (Å²) in [4.78, 5) is 4.51. The van der Waals surface area contributed by atoms with Crippen LogP contribution in [-0.4, -0.2) is 17.5 Å². The molecular formula is C14H22N2S. The number of hydrogen-bond donors (Lipinski definition) is 1. The number of anilines is 1. The van der Waals surface area contributed by atoms with Crippen LogP contribution >= 0.6 is 11.8 Å². The summed E-state index contributed by atoms with van der Waals surface area (Å²) < 4.78 is 0. The maximum atomic E-state index is 4.51. The van der Waals surface area contributed by atoms with Gasteiger partial charge in [0.1, 0.15) is 0 Å². The number of para-hydroxylation sites is 1. The summed E-state index contributed by atoms with van der Waals surface area (Å²) in [6.45, 7) is 9.34. The topological polar surface area (TPSA) is 24.4 Å². The molecule has 1 N–H and O–H groups in total. The molecule has 17 heavy (non-hydrogen) atoms. The third kappa shape index (κ3) is 4.43. The average Bonchev–Trinajstić information content (AvgIpc) is 2.31. The van der Waals surface area contributed by atoms with Gasteiger partial charge in [0.05, 0.1) is 0 Å². The Kier molecular flexibility index (Phi) is 6.12. The van der Waals surface area contributed by atoms with E-state index in [0.717, 1.165) is 17.5 Å². The molecule has 0 amide bonds. The van der Waals surface area contributed by atoms with Gasteiger partial charge in [-0.1, -0.05) is 36.9 Å². The van der Waals surface area contributed by atoms with Crippen LogP contribution in [0.15, 0.2) is 23.2 Å². The van der Waals surface area contributed by atoms with Crippen molar-refractivity contribution in [1.82, 2.24) is 0 Å².